The first-order valence-corrected chi connectivity index (χ1v) is 38.1. The monoisotopic (exact) mass is 1380 g/mol. The minimum absolute atomic E-state index is 0. The van der Waals surface area contributed by atoms with Crippen molar-refractivity contribution in [2.24, 2.45) is 17.8 Å². The Hall–Kier alpha value is -1.14. The molecule has 0 spiro atoms. The quantitative estimate of drug-likeness (QED) is 0.0387. The van der Waals surface area contributed by atoms with Gasteiger partial charge in [-0.25, -0.2) is 0 Å². The smallest absolute Gasteiger partial charge is 0.746 e. The van der Waals surface area contributed by atoms with Gasteiger partial charge in [0.25, 0.3) is 0 Å². The molecule has 0 aliphatic rings. The minimum atomic E-state index is -4.35. The van der Waals surface area contributed by atoms with E-state index in [0.29, 0.717) is 17.2 Å². The second-order valence-corrected chi connectivity index (χ2v) is 27.2. The van der Waals surface area contributed by atoms with Crippen LogP contribution >= 0.6 is 23.5 Å². The van der Waals surface area contributed by atoms with Gasteiger partial charge in [-0.3, -0.25) is 13.7 Å². The molecule has 3 aromatic carbocycles. The van der Waals surface area contributed by atoms with E-state index in [1.54, 1.807) is 36.4 Å². The van der Waals surface area contributed by atoms with Gasteiger partial charge >= 0.3 is 64.3 Å². The van der Waals surface area contributed by atoms with Crippen molar-refractivity contribution >= 4 is 23.5 Å². The molecule has 0 aliphatic heterocycles. The normalized spacial score (nSPS) is 14.4. The molecule has 0 heterocycles. The maximum atomic E-state index is 12.3. The molecule has 3 aromatic rings. The van der Waals surface area contributed by atoms with Crippen LogP contribution in [0, 0.1) is 58.6 Å². The topological polar surface area (TPSA) is 176 Å². The molecule has 0 aliphatic carbocycles. The number of phosphoric ester groups is 3. The largest absolute Gasteiger partial charge is 3.00 e. The fraction of sp³-hybridized carbons (Fsp3) is 0.739. The molecular weight excluding hydrogens is 1260 g/mol. The van der Waals surface area contributed by atoms with Crippen molar-refractivity contribution < 1.29 is 96.4 Å². The first-order chi connectivity index (χ1) is 40.6. The molecule has 85 heavy (non-hydrogen) atoms. The van der Waals surface area contributed by atoms with Crippen LogP contribution < -0.4 is 28.3 Å². The van der Waals surface area contributed by atoms with Crippen molar-refractivity contribution in [3.05, 3.63) is 89.5 Å². The zero-order valence-corrected chi connectivity index (χ0v) is 60.9. The Morgan fingerprint density at radius 2 is 0.529 bits per heavy atom. The van der Waals surface area contributed by atoms with Gasteiger partial charge in [0, 0.05) is 0 Å². The molecule has 3 rings (SSSR count). The van der Waals surface area contributed by atoms with Gasteiger partial charge in [-0.15, -0.1) is 0 Å². The van der Waals surface area contributed by atoms with Crippen LogP contribution in [-0.4, -0.2) is 19.8 Å². The van der Waals surface area contributed by atoms with Gasteiger partial charge in [0.2, 0.25) is 0 Å². The van der Waals surface area contributed by atoms with E-state index in [9.17, 15) is 28.4 Å². The van der Waals surface area contributed by atoms with Gasteiger partial charge in [-0.2, -0.15) is 0 Å². The molecular formula is C69H120NdO12P3. The first-order valence-electron chi connectivity index (χ1n) is 33.8. The summed E-state index contributed by atoms with van der Waals surface area (Å²) in [7, 11) is -13.0. The predicted octanol–water partition coefficient (Wildman–Crippen LogP) is 21.2. The maximum absolute atomic E-state index is 12.3. The van der Waals surface area contributed by atoms with Crippen LogP contribution in [0.25, 0.3) is 0 Å². The summed E-state index contributed by atoms with van der Waals surface area (Å²) in [4.78, 5) is 36.9. The summed E-state index contributed by atoms with van der Waals surface area (Å²) < 4.78 is 68.5. The zero-order valence-electron chi connectivity index (χ0n) is 55.0. The molecule has 0 N–H and O–H groups in total. The number of benzene rings is 3. The minimum Gasteiger partial charge on any atom is -0.746 e. The van der Waals surface area contributed by atoms with Crippen LogP contribution in [0.3, 0.4) is 0 Å². The van der Waals surface area contributed by atoms with E-state index in [0.717, 1.165) is 132 Å². The molecule has 0 bridgehead atoms. The summed E-state index contributed by atoms with van der Waals surface area (Å²) in [6.07, 6.45) is 40.6. The molecule has 6 unspecified atom stereocenters. The number of phosphoric acid groups is 3. The van der Waals surface area contributed by atoms with Gasteiger partial charge in [0.1, 0.15) is 17.2 Å². The van der Waals surface area contributed by atoms with Gasteiger partial charge in [0.05, 0.1) is 19.8 Å². The standard InChI is InChI=1S/3C23H41O4P.Nd/c3*1-4-7-9-10-11-12-13-17-22-18-14-15-19-23(22)27-28(24,25)26-20-21(6-3)16-8-5-2;/h3*14-15,18-19,21H,4-13,16-17,20H2,1-3H3,(H,24,25);/q;;;+3/p-3. The van der Waals surface area contributed by atoms with E-state index in [2.05, 4.69) is 62.3 Å². The SMILES string of the molecule is CCCCCCCCCc1ccccc1OP(=O)([O-])OCC(CC)CCCC.CCCCCCCCCc1ccccc1OP(=O)([O-])OCC(CC)CCCC.CCCCCCCCCc1ccccc1OP(=O)([O-])OCC(CC)CCCC.[Nd+3]. The summed E-state index contributed by atoms with van der Waals surface area (Å²) in [5.74, 6) is 2.01. The fourth-order valence-electron chi connectivity index (χ4n) is 9.94. The maximum Gasteiger partial charge on any atom is 3.00 e. The Morgan fingerprint density at radius 3 is 0.753 bits per heavy atom. The van der Waals surface area contributed by atoms with E-state index >= 15 is 0 Å². The molecule has 0 amide bonds. The second-order valence-electron chi connectivity index (χ2n) is 23.2. The van der Waals surface area contributed by atoms with E-state index in [4.69, 9.17) is 27.1 Å². The summed E-state index contributed by atoms with van der Waals surface area (Å²) in [5, 5.41) is 0. The molecule has 487 valence electrons. The van der Waals surface area contributed by atoms with Crippen molar-refractivity contribution in [1.29, 1.82) is 0 Å². The van der Waals surface area contributed by atoms with Crippen LogP contribution in [-0.2, 0) is 46.5 Å². The van der Waals surface area contributed by atoms with Crippen LogP contribution in [0.1, 0.15) is 291 Å². The van der Waals surface area contributed by atoms with Crippen molar-refractivity contribution in [1.82, 2.24) is 0 Å². The number of rotatable bonds is 51. The Balaban J connectivity index is 0.00000124. The fourth-order valence-corrected chi connectivity index (χ4v) is 12.5. The summed E-state index contributed by atoms with van der Waals surface area (Å²) >= 11 is 0. The van der Waals surface area contributed by atoms with Crippen molar-refractivity contribution in [3.63, 3.8) is 0 Å². The average molecular weight is 1380 g/mol. The molecule has 12 nitrogen and oxygen atoms in total. The Labute approximate surface area is 553 Å². The van der Waals surface area contributed by atoms with Gasteiger partial charge in [-0.1, -0.05) is 290 Å². The van der Waals surface area contributed by atoms with E-state index in [1.807, 2.05) is 36.4 Å². The third kappa shape index (κ3) is 44.9. The number of hydrogen-bond acceptors (Lipinski definition) is 12. The molecule has 0 saturated carbocycles. The molecule has 6 atom stereocenters. The van der Waals surface area contributed by atoms with Gasteiger partial charge in [0.15, 0.2) is 0 Å². The Bertz CT molecular complexity index is 1930. The zero-order chi connectivity index (χ0) is 62.0. The second kappa shape index (κ2) is 54.6. The van der Waals surface area contributed by atoms with Crippen molar-refractivity contribution in [2.45, 2.75) is 293 Å². The van der Waals surface area contributed by atoms with Crippen LogP contribution in [0.5, 0.6) is 17.2 Å². The third-order valence-corrected chi connectivity index (χ3v) is 18.4. The van der Waals surface area contributed by atoms with Gasteiger partial charge in [-0.05, 0) is 110 Å². The van der Waals surface area contributed by atoms with Crippen LogP contribution in [0.4, 0.5) is 0 Å². The summed E-state index contributed by atoms with van der Waals surface area (Å²) in [5.41, 5.74) is 2.82. The van der Waals surface area contributed by atoms with E-state index in [1.165, 1.54) is 116 Å². The number of unbranched alkanes of at least 4 members (excludes halogenated alkanes) is 21. The van der Waals surface area contributed by atoms with E-state index < -0.39 is 23.5 Å². The number of aryl methyl sites for hydroxylation is 3. The molecule has 0 saturated heterocycles. The average Bonchev–Trinajstić information content (AvgIpc) is 3.69. The first kappa shape index (κ1) is 83.9. The predicted molar refractivity (Wildman–Crippen MR) is 347 cm³/mol. The van der Waals surface area contributed by atoms with Crippen molar-refractivity contribution in [3.8, 4) is 17.2 Å². The van der Waals surface area contributed by atoms with Crippen LogP contribution in [0.2, 0.25) is 0 Å². The number of para-hydroxylation sites is 3. The third-order valence-electron chi connectivity index (χ3n) is 15.7. The van der Waals surface area contributed by atoms with Crippen molar-refractivity contribution in [2.75, 3.05) is 19.8 Å². The molecule has 0 fully saturated rings. The van der Waals surface area contributed by atoms with E-state index in [-0.39, 0.29) is 78.4 Å². The molecule has 0 aromatic heterocycles. The van der Waals surface area contributed by atoms with Gasteiger partial charge < -0.3 is 41.8 Å². The molecule has 1 radical (unpaired) electrons. The Kier molecular flexibility index (Phi) is 53.9. The summed E-state index contributed by atoms with van der Waals surface area (Å²) in [6.45, 7) is 19.9. The number of hydrogen-bond donors (Lipinski definition) is 0. The van der Waals surface area contributed by atoms with Crippen LogP contribution in [0.15, 0.2) is 72.8 Å². The molecule has 16 heteroatoms. The summed E-state index contributed by atoms with van der Waals surface area (Å²) in [6, 6.07) is 22.2. The Morgan fingerprint density at radius 1 is 0.318 bits per heavy atom.